The summed E-state index contributed by atoms with van der Waals surface area (Å²) in [4.78, 5) is 55.1. The zero-order valence-corrected chi connectivity index (χ0v) is 29.4. The average Bonchev–Trinajstić information content (AvgIpc) is 3.09. The minimum Gasteiger partial charge on any atom is -0.507 e. The number of nitrogens with zero attached hydrogens (tertiary/aromatic N) is 4. The number of rotatable bonds is 16. The Morgan fingerprint density at radius 3 is 2.53 bits per heavy atom. The molecule has 8 rings (SSSR count). The normalized spacial score (nSPS) is 21.7. The van der Waals surface area contributed by atoms with Crippen LogP contribution in [0.25, 0.3) is 22.2 Å². The molecule has 278 valence electrons. The molecule has 53 heavy (non-hydrogen) atoms. The predicted octanol–water partition coefficient (Wildman–Crippen LogP) is 2.24. The highest BCUT2D eigenvalue weighted by molar-refractivity contribution is 5.99. The van der Waals surface area contributed by atoms with Gasteiger partial charge in [-0.2, -0.15) is 0 Å². The van der Waals surface area contributed by atoms with Gasteiger partial charge in [-0.15, -0.1) is 10.2 Å². The molecule has 0 spiro atoms. The maximum absolute atomic E-state index is 13.6. The van der Waals surface area contributed by atoms with Crippen LogP contribution < -0.4 is 32.0 Å². The number of aromatic hydroxyl groups is 1. The Kier molecular flexibility index (Phi) is 9.98. The number of nitrogens with two attached hydrogens (primary N) is 1. The zero-order valence-electron chi connectivity index (χ0n) is 29.4. The lowest BCUT2D eigenvalue weighted by molar-refractivity contribution is -0.217. The van der Waals surface area contributed by atoms with E-state index in [0.29, 0.717) is 85.5 Å². The van der Waals surface area contributed by atoms with Crippen molar-refractivity contribution in [2.75, 3.05) is 57.2 Å². The number of piperidine rings is 1. The Morgan fingerprint density at radius 2 is 1.77 bits per heavy atom. The number of fused-ring (bicyclic) bond motifs is 1. The predicted molar refractivity (Wildman–Crippen MR) is 193 cm³/mol. The SMILES string of the molecule is Cc1nc2cccc(NCCOCCOCCNC(=O)C34CC(COc5cc(-c6ccccc6O)nnc5N)(C3)C4)c2c(=O)n1C1CCC(=O)NC1=O. The van der Waals surface area contributed by atoms with E-state index in [-0.39, 0.29) is 52.6 Å². The van der Waals surface area contributed by atoms with E-state index < -0.39 is 11.9 Å². The quantitative estimate of drug-likeness (QED) is 0.0827. The number of carbonyl (C=O) groups is 3. The van der Waals surface area contributed by atoms with Crippen molar-refractivity contribution in [1.82, 2.24) is 30.4 Å². The summed E-state index contributed by atoms with van der Waals surface area (Å²) in [7, 11) is 0. The molecule has 2 aromatic heterocycles. The van der Waals surface area contributed by atoms with Crippen LogP contribution in [-0.2, 0) is 23.9 Å². The van der Waals surface area contributed by atoms with Crippen molar-refractivity contribution < 1.29 is 33.7 Å². The highest BCUT2D eigenvalue weighted by Crippen LogP contribution is 2.73. The minimum absolute atomic E-state index is 0.0277. The second-order valence-corrected chi connectivity index (χ2v) is 14.0. The van der Waals surface area contributed by atoms with Crippen LogP contribution in [0.5, 0.6) is 11.5 Å². The fraction of sp³-hybridized carbons (Fsp3) is 0.432. The van der Waals surface area contributed by atoms with Crippen molar-refractivity contribution >= 4 is 40.1 Å². The first kappa shape index (κ1) is 35.8. The highest BCUT2D eigenvalue weighted by Gasteiger charge is 2.71. The number of hydrogen-bond acceptors (Lipinski definition) is 13. The van der Waals surface area contributed by atoms with E-state index in [1.54, 1.807) is 55.5 Å². The Morgan fingerprint density at radius 1 is 1.02 bits per heavy atom. The largest absolute Gasteiger partial charge is 0.507 e. The van der Waals surface area contributed by atoms with Crippen molar-refractivity contribution in [2.24, 2.45) is 10.8 Å². The van der Waals surface area contributed by atoms with Crippen LogP contribution in [0.15, 0.2) is 53.3 Å². The molecule has 1 saturated heterocycles. The smallest absolute Gasteiger partial charge is 0.264 e. The van der Waals surface area contributed by atoms with E-state index in [9.17, 15) is 24.3 Å². The van der Waals surface area contributed by atoms with Crippen LogP contribution in [0.2, 0.25) is 0 Å². The van der Waals surface area contributed by atoms with Gasteiger partial charge in [-0.3, -0.25) is 29.1 Å². The summed E-state index contributed by atoms with van der Waals surface area (Å²) in [5.74, 6) is 0.230. The van der Waals surface area contributed by atoms with Gasteiger partial charge >= 0.3 is 0 Å². The standard InChI is InChI=1S/C37H42N8O8/c1-22-41-25-7-4-6-24(31(25)34(49)45(22)27-9-10-30(47)42-33(27)48)39-11-13-51-15-16-52-14-12-40-35(50)37-18-36(19-37,20-37)21-53-29-17-26(43-44-32(29)38)23-5-2-3-8-28(23)46/h2-8,17,27,39,46H,9-16,18-21H2,1H3,(H2,38,44)(H,40,50)(H,42,47,48). The molecule has 2 aromatic carbocycles. The number of para-hydroxylation sites is 1. The molecular weight excluding hydrogens is 684 g/mol. The lowest BCUT2D eigenvalue weighted by Crippen LogP contribution is -2.69. The van der Waals surface area contributed by atoms with E-state index in [2.05, 4.69) is 31.1 Å². The molecule has 2 bridgehead atoms. The number of ether oxygens (including phenoxy) is 3. The van der Waals surface area contributed by atoms with Gasteiger partial charge < -0.3 is 35.7 Å². The maximum Gasteiger partial charge on any atom is 0.264 e. The first-order chi connectivity index (χ1) is 25.6. The van der Waals surface area contributed by atoms with Crippen LogP contribution in [0.1, 0.15) is 44.0 Å². The highest BCUT2D eigenvalue weighted by atomic mass is 16.5. The van der Waals surface area contributed by atoms with Crippen molar-refractivity contribution in [3.05, 3.63) is 64.7 Å². The number of hydrogen-bond donors (Lipinski definition) is 5. The first-order valence-electron chi connectivity index (χ1n) is 17.7. The molecule has 4 fully saturated rings. The lowest BCUT2D eigenvalue weighted by atomic mass is 9.35. The molecule has 3 aliphatic carbocycles. The molecule has 4 aromatic rings. The fourth-order valence-electron chi connectivity index (χ4n) is 7.74. The van der Waals surface area contributed by atoms with Gasteiger partial charge in [0.1, 0.15) is 23.3 Å². The summed E-state index contributed by atoms with van der Waals surface area (Å²) in [5.41, 5.74) is 7.31. The third-order valence-electron chi connectivity index (χ3n) is 10.2. The molecule has 16 nitrogen and oxygen atoms in total. The minimum atomic E-state index is -0.798. The van der Waals surface area contributed by atoms with Crippen molar-refractivity contribution in [3.8, 4) is 22.8 Å². The topological polar surface area (TPSA) is 222 Å². The molecule has 1 unspecified atom stereocenters. The lowest BCUT2D eigenvalue weighted by Gasteiger charge is -2.68. The van der Waals surface area contributed by atoms with E-state index in [0.717, 1.165) is 19.3 Å². The summed E-state index contributed by atoms with van der Waals surface area (Å²) in [6.07, 6.45) is 2.62. The third-order valence-corrected chi connectivity index (χ3v) is 10.2. The van der Waals surface area contributed by atoms with Gasteiger partial charge in [0.15, 0.2) is 11.6 Å². The van der Waals surface area contributed by atoms with E-state index >= 15 is 0 Å². The molecular formula is C37H42N8O8. The Bertz CT molecular complexity index is 2100. The average molecular weight is 727 g/mol. The number of phenols is 1. The number of aromatic nitrogens is 4. The Balaban J connectivity index is 0.782. The van der Waals surface area contributed by atoms with Gasteiger partial charge in [-0.1, -0.05) is 18.2 Å². The molecule has 1 atom stereocenters. The summed E-state index contributed by atoms with van der Waals surface area (Å²) >= 11 is 0. The van der Waals surface area contributed by atoms with Crippen LogP contribution in [0, 0.1) is 17.8 Å². The number of amides is 3. The van der Waals surface area contributed by atoms with Gasteiger partial charge in [-0.25, -0.2) is 4.98 Å². The molecule has 3 amide bonds. The van der Waals surface area contributed by atoms with E-state index in [1.165, 1.54) is 4.57 Å². The summed E-state index contributed by atoms with van der Waals surface area (Å²) in [5, 5.41) is 27.1. The Labute approximate surface area is 304 Å². The van der Waals surface area contributed by atoms with Gasteiger partial charge in [0.05, 0.1) is 49.4 Å². The zero-order chi connectivity index (χ0) is 37.2. The molecule has 16 heteroatoms. The maximum atomic E-state index is 13.6. The molecule has 1 aliphatic heterocycles. The monoisotopic (exact) mass is 726 g/mol. The van der Waals surface area contributed by atoms with Gasteiger partial charge in [0.25, 0.3) is 5.56 Å². The number of carbonyl (C=O) groups excluding carboxylic acids is 3. The number of aryl methyl sites for hydroxylation is 1. The van der Waals surface area contributed by atoms with Gasteiger partial charge in [0, 0.05) is 42.2 Å². The third kappa shape index (κ3) is 7.24. The van der Waals surface area contributed by atoms with Crippen molar-refractivity contribution in [2.45, 2.75) is 45.1 Å². The van der Waals surface area contributed by atoms with Gasteiger partial charge in [-0.05, 0) is 56.9 Å². The molecule has 3 heterocycles. The molecule has 3 saturated carbocycles. The first-order valence-corrected chi connectivity index (χ1v) is 17.7. The second kappa shape index (κ2) is 14.8. The molecule has 0 radical (unpaired) electrons. The van der Waals surface area contributed by atoms with E-state index in [1.807, 2.05) is 0 Å². The van der Waals surface area contributed by atoms with Crippen molar-refractivity contribution in [1.29, 1.82) is 0 Å². The second-order valence-electron chi connectivity index (χ2n) is 14.0. The number of nitrogen functional groups attached to an aromatic ring is 1. The molecule has 4 aliphatic rings. The molecule has 6 N–H and O–H groups in total. The van der Waals surface area contributed by atoms with Crippen LogP contribution in [0.3, 0.4) is 0 Å². The number of phenolic OH excluding ortho intramolecular Hbond substituents is 1. The van der Waals surface area contributed by atoms with E-state index in [4.69, 9.17) is 19.9 Å². The number of imide groups is 1. The summed E-state index contributed by atoms with van der Waals surface area (Å²) in [6, 6.07) is 13.0. The Hall–Kier alpha value is -5.61. The summed E-state index contributed by atoms with van der Waals surface area (Å²) < 4.78 is 18.7. The number of benzene rings is 2. The van der Waals surface area contributed by atoms with Crippen LogP contribution in [0.4, 0.5) is 11.5 Å². The fourth-order valence-corrected chi connectivity index (χ4v) is 7.74. The summed E-state index contributed by atoms with van der Waals surface area (Å²) in [6.45, 7) is 4.32. The number of anilines is 2. The number of nitrogens with one attached hydrogen (secondary N) is 3. The van der Waals surface area contributed by atoms with Crippen LogP contribution >= 0.6 is 0 Å². The van der Waals surface area contributed by atoms with Crippen molar-refractivity contribution in [3.63, 3.8) is 0 Å². The van der Waals surface area contributed by atoms with Gasteiger partial charge in [0.2, 0.25) is 17.7 Å². The van der Waals surface area contributed by atoms with Crippen LogP contribution in [-0.4, -0.2) is 88.7 Å².